The quantitative estimate of drug-likeness (QED) is 0.196. The molecule has 0 fully saturated rings. The van der Waals surface area contributed by atoms with Gasteiger partial charge in [0.2, 0.25) is 0 Å². The van der Waals surface area contributed by atoms with Gasteiger partial charge in [0.05, 0.1) is 11.4 Å². The molecule has 0 N–H and O–H groups in total. The summed E-state index contributed by atoms with van der Waals surface area (Å²) in [6, 6.07) is 42.4. The van der Waals surface area contributed by atoms with Crippen LogP contribution >= 0.6 is 0 Å². The van der Waals surface area contributed by atoms with Gasteiger partial charge in [0.1, 0.15) is 0 Å². The number of hydrogen-bond donors (Lipinski definition) is 0. The standard InChI is InChI=1S/C40H26N4/c1-2-8-27(9-3-1)28-14-15-35-36(22-28)40(38-24-30(17-21-44-38)32-11-7-19-42-26-32)34-13-5-4-12-33(34)39(35)37-23-29(16-20-43-37)31-10-6-18-41-25-31/h1-26H. The molecular formula is C40H26N4. The maximum absolute atomic E-state index is 4.95. The van der Waals surface area contributed by atoms with Crippen molar-refractivity contribution in [3.63, 3.8) is 0 Å². The van der Waals surface area contributed by atoms with E-state index in [0.29, 0.717) is 0 Å². The van der Waals surface area contributed by atoms with E-state index < -0.39 is 0 Å². The zero-order valence-electron chi connectivity index (χ0n) is 23.8. The molecule has 4 heterocycles. The summed E-state index contributed by atoms with van der Waals surface area (Å²) in [5.74, 6) is 0. The van der Waals surface area contributed by atoms with Crippen LogP contribution in [0.25, 0.3) is 77.4 Å². The molecule has 0 amide bonds. The average Bonchev–Trinajstić information content (AvgIpc) is 3.11. The number of nitrogens with zero attached hydrogens (tertiary/aromatic N) is 4. The minimum atomic E-state index is 0.918. The van der Waals surface area contributed by atoms with E-state index in [2.05, 4.69) is 107 Å². The maximum Gasteiger partial charge on any atom is 0.0720 e. The van der Waals surface area contributed by atoms with Crippen molar-refractivity contribution in [3.05, 3.63) is 159 Å². The van der Waals surface area contributed by atoms with E-state index in [1.807, 2.05) is 49.1 Å². The van der Waals surface area contributed by atoms with Crippen molar-refractivity contribution in [1.29, 1.82) is 0 Å². The third kappa shape index (κ3) is 4.59. The summed E-state index contributed by atoms with van der Waals surface area (Å²) in [6.07, 6.45) is 11.2. The van der Waals surface area contributed by atoms with Crippen LogP contribution in [-0.4, -0.2) is 19.9 Å². The Kier molecular flexibility index (Phi) is 6.43. The molecule has 44 heavy (non-hydrogen) atoms. The zero-order chi connectivity index (χ0) is 29.3. The first-order valence-corrected chi connectivity index (χ1v) is 14.6. The van der Waals surface area contributed by atoms with E-state index in [-0.39, 0.29) is 0 Å². The number of aromatic nitrogens is 4. The summed E-state index contributed by atoms with van der Waals surface area (Å²) in [4.78, 5) is 18.6. The lowest BCUT2D eigenvalue weighted by atomic mass is 9.86. The van der Waals surface area contributed by atoms with Crippen molar-refractivity contribution in [1.82, 2.24) is 19.9 Å². The van der Waals surface area contributed by atoms with Crippen molar-refractivity contribution in [2.75, 3.05) is 0 Å². The van der Waals surface area contributed by atoms with Crippen LogP contribution in [0.2, 0.25) is 0 Å². The molecule has 0 unspecified atom stereocenters. The van der Waals surface area contributed by atoms with Crippen molar-refractivity contribution in [2.45, 2.75) is 0 Å². The van der Waals surface area contributed by atoms with Crippen LogP contribution in [0.3, 0.4) is 0 Å². The molecule has 4 nitrogen and oxygen atoms in total. The lowest BCUT2D eigenvalue weighted by Crippen LogP contribution is -1.95. The fourth-order valence-electron chi connectivity index (χ4n) is 6.10. The molecule has 4 heteroatoms. The Morgan fingerprint density at radius 1 is 0.318 bits per heavy atom. The van der Waals surface area contributed by atoms with Crippen LogP contribution in [0.5, 0.6) is 0 Å². The molecule has 0 aliphatic heterocycles. The van der Waals surface area contributed by atoms with Crippen molar-refractivity contribution in [2.24, 2.45) is 0 Å². The fourth-order valence-corrected chi connectivity index (χ4v) is 6.10. The summed E-state index contributed by atoms with van der Waals surface area (Å²) < 4.78 is 0. The second-order valence-electron chi connectivity index (χ2n) is 10.8. The molecular weight excluding hydrogens is 536 g/mol. The number of fused-ring (bicyclic) bond motifs is 2. The SMILES string of the molecule is c1ccc(-c2ccc3c(-c4cc(-c5cccnc5)ccn4)c4ccccc4c(-c4cc(-c5cccnc5)ccn4)c3c2)cc1. The lowest BCUT2D eigenvalue weighted by molar-refractivity contribution is 1.30. The van der Waals surface area contributed by atoms with Gasteiger partial charge in [-0.1, -0.05) is 78.9 Å². The fraction of sp³-hybridized carbons (Fsp3) is 0. The number of hydrogen-bond acceptors (Lipinski definition) is 4. The van der Waals surface area contributed by atoms with Crippen LogP contribution in [0.15, 0.2) is 159 Å². The Morgan fingerprint density at radius 2 is 0.818 bits per heavy atom. The molecule has 8 rings (SSSR count). The highest BCUT2D eigenvalue weighted by Crippen LogP contribution is 2.44. The van der Waals surface area contributed by atoms with E-state index in [1.54, 1.807) is 12.4 Å². The van der Waals surface area contributed by atoms with Gasteiger partial charge in [-0.15, -0.1) is 0 Å². The monoisotopic (exact) mass is 562 g/mol. The Morgan fingerprint density at radius 3 is 1.39 bits per heavy atom. The van der Waals surface area contributed by atoms with Gasteiger partial charge in [0.25, 0.3) is 0 Å². The predicted molar refractivity (Wildman–Crippen MR) is 180 cm³/mol. The summed E-state index contributed by atoms with van der Waals surface area (Å²) in [7, 11) is 0. The van der Waals surface area contributed by atoms with Gasteiger partial charge < -0.3 is 0 Å². The third-order valence-electron chi connectivity index (χ3n) is 8.15. The normalized spacial score (nSPS) is 11.2. The van der Waals surface area contributed by atoms with Crippen LogP contribution in [0.4, 0.5) is 0 Å². The molecule has 0 aliphatic carbocycles. The first kappa shape index (κ1) is 25.7. The van der Waals surface area contributed by atoms with Gasteiger partial charge in [-0.25, -0.2) is 0 Å². The van der Waals surface area contributed by atoms with Gasteiger partial charge in [-0.2, -0.15) is 0 Å². The molecule has 0 atom stereocenters. The highest BCUT2D eigenvalue weighted by Gasteiger charge is 2.19. The van der Waals surface area contributed by atoms with Gasteiger partial charge in [0.15, 0.2) is 0 Å². The van der Waals surface area contributed by atoms with Crippen molar-refractivity contribution >= 4 is 21.5 Å². The van der Waals surface area contributed by atoms with Gasteiger partial charge in [-0.05, 0) is 86.3 Å². The average molecular weight is 563 g/mol. The first-order valence-electron chi connectivity index (χ1n) is 14.6. The second-order valence-corrected chi connectivity index (χ2v) is 10.8. The Balaban J connectivity index is 1.45. The summed E-state index contributed by atoms with van der Waals surface area (Å²) >= 11 is 0. The van der Waals surface area contributed by atoms with Gasteiger partial charge >= 0.3 is 0 Å². The molecule has 0 saturated carbocycles. The van der Waals surface area contributed by atoms with E-state index >= 15 is 0 Å². The van der Waals surface area contributed by atoms with Gasteiger partial charge in [-0.3, -0.25) is 19.9 Å². The van der Waals surface area contributed by atoms with E-state index in [0.717, 1.165) is 71.9 Å². The molecule has 0 bridgehead atoms. The van der Waals surface area contributed by atoms with Crippen LogP contribution in [-0.2, 0) is 0 Å². The molecule has 0 aliphatic rings. The summed E-state index contributed by atoms with van der Waals surface area (Å²) in [5, 5.41) is 4.52. The smallest absolute Gasteiger partial charge is 0.0720 e. The minimum Gasteiger partial charge on any atom is -0.264 e. The van der Waals surface area contributed by atoms with Crippen molar-refractivity contribution < 1.29 is 0 Å². The molecule has 4 aromatic carbocycles. The van der Waals surface area contributed by atoms with Crippen molar-refractivity contribution in [3.8, 4) is 55.9 Å². The number of benzene rings is 4. The molecule has 206 valence electrons. The largest absolute Gasteiger partial charge is 0.264 e. The minimum absolute atomic E-state index is 0.918. The Hall–Kier alpha value is -6.00. The molecule has 0 saturated heterocycles. The third-order valence-corrected chi connectivity index (χ3v) is 8.15. The Bertz CT molecular complexity index is 2260. The predicted octanol–water partition coefficient (Wildman–Crippen LogP) is 9.91. The Labute approximate surface area is 255 Å². The highest BCUT2D eigenvalue weighted by atomic mass is 14.7. The topological polar surface area (TPSA) is 51.6 Å². The van der Waals surface area contributed by atoms with E-state index in [4.69, 9.17) is 9.97 Å². The zero-order valence-corrected chi connectivity index (χ0v) is 23.8. The molecule has 4 aromatic heterocycles. The summed E-state index contributed by atoms with van der Waals surface area (Å²) in [6.45, 7) is 0. The lowest BCUT2D eigenvalue weighted by Gasteiger charge is -2.18. The molecule has 8 aromatic rings. The van der Waals surface area contributed by atoms with Crippen LogP contribution in [0, 0.1) is 0 Å². The molecule has 0 radical (unpaired) electrons. The second kappa shape index (κ2) is 11.0. The number of pyridine rings is 4. The first-order chi connectivity index (χ1) is 21.8. The summed E-state index contributed by atoms with van der Waals surface area (Å²) in [5.41, 5.74) is 10.6. The molecule has 0 spiro atoms. The van der Waals surface area contributed by atoms with E-state index in [1.165, 1.54) is 5.56 Å². The van der Waals surface area contributed by atoms with E-state index in [9.17, 15) is 0 Å². The highest BCUT2D eigenvalue weighted by molar-refractivity contribution is 6.21. The number of rotatable bonds is 5. The van der Waals surface area contributed by atoms with Gasteiger partial charge in [0, 0.05) is 59.4 Å². The van der Waals surface area contributed by atoms with Crippen LogP contribution in [0.1, 0.15) is 0 Å². The van der Waals surface area contributed by atoms with Crippen LogP contribution < -0.4 is 0 Å². The maximum atomic E-state index is 4.95.